The molecule has 0 heterocycles. The van der Waals surface area contributed by atoms with Crippen molar-refractivity contribution in [1.29, 1.82) is 0 Å². The molecule has 0 fully saturated rings. The summed E-state index contributed by atoms with van der Waals surface area (Å²) in [4.78, 5) is 0. The molecule has 0 spiro atoms. The Bertz CT molecular complexity index is 225. The van der Waals surface area contributed by atoms with Gasteiger partial charge < -0.3 is 0 Å². The van der Waals surface area contributed by atoms with Crippen LogP contribution in [0.5, 0.6) is 0 Å². The number of rotatable bonds is 0. The summed E-state index contributed by atoms with van der Waals surface area (Å²) in [6.45, 7) is 3.67. The van der Waals surface area contributed by atoms with Gasteiger partial charge in [0.1, 0.15) is 0 Å². The van der Waals surface area contributed by atoms with Gasteiger partial charge in [0, 0.05) is 5.02 Å². The van der Waals surface area contributed by atoms with E-state index >= 15 is 0 Å². The molecule has 0 aliphatic rings. The molecule has 0 unspecified atom stereocenters. The zero-order valence-electron chi connectivity index (χ0n) is 5.78. The number of hydrogen-bond donors (Lipinski definition) is 0. The van der Waals surface area contributed by atoms with E-state index < -0.39 is 0 Å². The van der Waals surface area contributed by atoms with Gasteiger partial charge in [0.05, 0.1) is 0 Å². The van der Waals surface area contributed by atoms with Crippen molar-refractivity contribution in [2.75, 3.05) is 0 Å². The van der Waals surface area contributed by atoms with Crippen molar-refractivity contribution < 1.29 is 17.3 Å². The van der Waals surface area contributed by atoms with Crippen LogP contribution in [0.2, 0.25) is 10.0 Å². The minimum atomic E-state index is 0.613. The van der Waals surface area contributed by atoms with Gasteiger partial charge in [-0.2, -0.15) is 30.2 Å². The first-order chi connectivity index (χ1) is 5.20. The predicted octanol–water partition coefficient (Wildman–Crippen LogP) is 3.86. The summed E-state index contributed by atoms with van der Waals surface area (Å²) in [5.41, 5.74) is 0.807. The fraction of sp³-hybridized carbons (Fsp3) is 0. The molecular formula is C7H5Cl3Zn. The molecule has 1 aromatic rings. The van der Waals surface area contributed by atoms with E-state index in [1.807, 2.05) is 0 Å². The molecule has 0 N–H and O–H groups in total. The van der Waals surface area contributed by atoms with Crippen LogP contribution in [-0.4, -0.2) is 0 Å². The zero-order chi connectivity index (χ0) is 8.85. The molecule has 11 heavy (non-hydrogen) atoms. The maximum absolute atomic E-state index is 5.67. The first-order valence-electron chi connectivity index (χ1n) is 2.74. The van der Waals surface area contributed by atoms with Crippen molar-refractivity contribution in [2.24, 2.45) is 0 Å². The second-order valence-electron chi connectivity index (χ2n) is 1.74. The van der Waals surface area contributed by atoms with Gasteiger partial charge in [0.15, 0.2) is 0 Å². The predicted molar refractivity (Wildman–Crippen MR) is 46.8 cm³/mol. The van der Waals surface area contributed by atoms with Gasteiger partial charge in [-0.3, -0.25) is 0 Å². The number of hydrogen-bond acceptors (Lipinski definition) is 0. The molecule has 0 nitrogen and oxygen atoms in total. The summed E-state index contributed by atoms with van der Waals surface area (Å²) < 4.78 is 0. The molecule has 0 aliphatic heterocycles. The molecule has 56 valence electrons. The van der Waals surface area contributed by atoms with E-state index in [9.17, 15) is 0 Å². The summed E-state index contributed by atoms with van der Waals surface area (Å²) >= 11 is 12.1. The fourth-order valence-electron chi connectivity index (χ4n) is 0.522. The molecule has 0 aliphatic carbocycles. The molecule has 0 saturated carbocycles. The van der Waals surface area contributed by atoms with Gasteiger partial charge in [-0.15, -0.1) is 0 Å². The van der Waals surface area contributed by atoms with Crippen molar-refractivity contribution in [1.82, 2.24) is 0 Å². The fourth-order valence-corrected chi connectivity index (χ4v) is 0.930. The molecule has 0 aromatic heterocycles. The third-order valence-electron chi connectivity index (χ3n) is 1.02. The Morgan fingerprint density at radius 3 is 2.09 bits per heavy atom. The standard InChI is InChI=1S/C7H5Cl2.ClH.Zn/c1-5-2-3-6(8)4-7(5)9;;/h2-4H,1H2;1H;/q-1;;+2/p-1. The van der Waals surface area contributed by atoms with Gasteiger partial charge in [0.2, 0.25) is 0 Å². The first kappa shape index (κ1) is 11.6. The van der Waals surface area contributed by atoms with E-state index in [-0.39, 0.29) is 0 Å². The Kier molecular flexibility index (Phi) is 6.46. The topological polar surface area (TPSA) is 0 Å². The van der Waals surface area contributed by atoms with Crippen LogP contribution in [0.1, 0.15) is 5.56 Å². The minimum absolute atomic E-state index is 0.613. The van der Waals surface area contributed by atoms with E-state index in [1.54, 1.807) is 18.2 Å². The van der Waals surface area contributed by atoms with Crippen LogP contribution in [0.15, 0.2) is 18.2 Å². The van der Waals surface area contributed by atoms with Gasteiger partial charge in [0.25, 0.3) is 0 Å². The van der Waals surface area contributed by atoms with Crippen LogP contribution in [-0.2, 0) is 17.3 Å². The Labute approximate surface area is 90.6 Å². The van der Waals surface area contributed by atoms with E-state index in [0.29, 0.717) is 10.0 Å². The average molecular weight is 261 g/mol. The average Bonchev–Trinajstić information content (AvgIpc) is 2.02. The number of benzene rings is 1. The van der Waals surface area contributed by atoms with Crippen molar-refractivity contribution in [3.8, 4) is 0 Å². The first-order valence-corrected chi connectivity index (χ1v) is 7.39. The van der Waals surface area contributed by atoms with E-state index in [0.717, 1.165) is 22.9 Å². The van der Waals surface area contributed by atoms with Crippen molar-refractivity contribution >= 4 is 32.9 Å². The summed E-state index contributed by atoms with van der Waals surface area (Å²) in [6, 6.07) is 5.21. The molecule has 0 radical (unpaired) electrons. The van der Waals surface area contributed by atoms with Gasteiger partial charge in [-0.05, 0) is 0 Å². The van der Waals surface area contributed by atoms with E-state index in [4.69, 9.17) is 32.9 Å². The third kappa shape index (κ3) is 4.23. The monoisotopic (exact) mass is 258 g/mol. The van der Waals surface area contributed by atoms with Crippen LogP contribution in [0.4, 0.5) is 0 Å². The Balaban J connectivity index is 0.000000461. The summed E-state index contributed by atoms with van der Waals surface area (Å²) in [7, 11) is 4.76. The molecule has 0 amide bonds. The Morgan fingerprint density at radius 2 is 1.73 bits per heavy atom. The van der Waals surface area contributed by atoms with Crippen LogP contribution in [0, 0.1) is 6.92 Å². The second kappa shape index (κ2) is 6.14. The van der Waals surface area contributed by atoms with Crippen molar-refractivity contribution in [3.63, 3.8) is 0 Å². The molecule has 0 saturated heterocycles. The van der Waals surface area contributed by atoms with Crippen LogP contribution >= 0.6 is 32.9 Å². The normalized spacial score (nSPS) is 8.45. The van der Waals surface area contributed by atoms with Crippen LogP contribution in [0.3, 0.4) is 0 Å². The van der Waals surface area contributed by atoms with Gasteiger partial charge >= 0.3 is 27.0 Å². The van der Waals surface area contributed by atoms with Gasteiger partial charge in [-0.1, -0.05) is 28.8 Å². The van der Waals surface area contributed by atoms with Gasteiger partial charge in [-0.25, -0.2) is 0 Å². The maximum atomic E-state index is 5.67. The molecule has 0 atom stereocenters. The number of halogens is 3. The van der Waals surface area contributed by atoms with Crippen LogP contribution < -0.4 is 0 Å². The van der Waals surface area contributed by atoms with Crippen molar-refractivity contribution in [3.05, 3.63) is 40.7 Å². The third-order valence-corrected chi connectivity index (χ3v) is 1.60. The van der Waals surface area contributed by atoms with E-state index in [1.165, 1.54) is 0 Å². The van der Waals surface area contributed by atoms with E-state index in [2.05, 4.69) is 6.92 Å². The Hall–Kier alpha value is 0.583. The second-order valence-corrected chi connectivity index (χ2v) is 2.58. The molecular weight excluding hydrogens is 256 g/mol. The SMILES string of the molecule is [CH2-]c1ccc(Cl)cc1Cl.[Cl][Zn+]. The summed E-state index contributed by atoms with van der Waals surface area (Å²) in [5, 5.41) is 1.26. The summed E-state index contributed by atoms with van der Waals surface area (Å²) in [6.07, 6.45) is 0. The molecule has 0 bridgehead atoms. The molecule has 1 rings (SSSR count). The Morgan fingerprint density at radius 1 is 1.18 bits per heavy atom. The molecule has 1 aromatic carbocycles. The van der Waals surface area contributed by atoms with Crippen LogP contribution in [0.25, 0.3) is 0 Å². The zero-order valence-corrected chi connectivity index (χ0v) is 11.0. The van der Waals surface area contributed by atoms with Crippen molar-refractivity contribution in [2.45, 2.75) is 0 Å². The molecule has 4 heteroatoms. The summed E-state index contributed by atoms with van der Waals surface area (Å²) in [5.74, 6) is 0. The quantitative estimate of drug-likeness (QED) is 0.491.